The van der Waals surface area contributed by atoms with Crippen LogP contribution < -0.4 is 10.2 Å². The highest BCUT2D eigenvalue weighted by Crippen LogP contribution is 2.32. The minimum atomic E-state index is -1.05. The first-order valence-electron chi connectivity index (χ1n) is 5.88. The fourth-order valence-electron chi connectivity index (χ4n) is 2.18. The molecule has 2 rings (SSSR count). The Kier molecular flexibility index (Phi) is 3.50. The van der Waals surface area contributed by atoms with Crippen LogP contribution in [-0.2, 0) is 20.8 Å². The number of carboxylic acids is 1. The molecule has 2 N–H and O–H groups in total. The minimum absolute atomic E-state index is 0.201. The van der Waals surface area contributed by atoms with Crippen molar-refractivity contribution >= 4 is 23.5 Å². The van der Waals surface area contributed by atoms with Crippen molar-refractivity contribution in [2.75, 3.05) is 11.4 Å². The van der Waals surface area contributed by atoms with Crippen LogP contribution >= 0.6 is 0 Å². The fraction of sp³-hybridized carbons (Fsp3) is 0.308. The number of hydrogen-bond acceptors (Lipinski definition) is 3. The largest absolute Gasteiger partial charge is 0.480 e. The van der Waals surface area contributed by atoms with Gasteiger partial charge < -0.3 is 10.4 Å². The highest BCUT2D eigenvalue weighted by molar-refractivity contribution is 6.03. The molecule has 0 saturated heterocycles. The second-order valence-corrected chi connectivity index (χ2v) is 4.36. The van der Waals surface area contributed by atoms with E-state index in [2.05, 4.69) is 5.32 Å². The Hall–Kier alpha value is -2.37. The number of nitrogens with one attached hydrogen (secondary N) is 1. The van der Waals surface area contributed by atoms with Gasteiger partial charge in [-0.1, -0.05) is 18.2 Å². The Balaban J connectivity index is 2.26. The summed E-state index contributed by atoms with van der Waals surface area (Å²) in [4.78, 5) is 35.4. The monoisotopic (exact) mass is 262 g/mol. The number of carboxylic acid groups (broad SMARTS) is 1. The van der Waals surface area contributed by atoms with Crippen molar-refractivity contribution in [2.24, 2.45) is 0 Å². The SMILES string of the molecule is CC(=O)NCC(=O)N1c2ccccc2C[C@H]1C(=O)O. The number of carbonyl (C=O) groups excluding carboxylic acids is 2. The normalized spacial score (nSPS) is 16.9. The number of anilines is 1. The van der Waals surface area contributed by atoms with Gasteiger partial charge in [0.15, 0.2) is 0 Å². The number of para-hydroxylation sites is 1. The molecule has 1 heterocycles. The number of rotatable bonds is 3. The lowest BCUT2D eigenvalue weighted by Crippen LogP contribution is -2.47. The van der Waals surface area contributed by atoms with E-state index in [-0.39, 0.29) is 18.9 Å². The Morgan fingerprint density at radius 1 is 1.37 bits per heavy atom. The van der Waals surface area contributed by atoms with E-state index in [9.17, 15) is 19.5 Å². The van der Waals surface area contributed by atoms with Gasteiger partial charge >= 0.3 is 5.97 Å². The summed E-state index contributed by atoms with van der Waals surface area (Å²) >= 11 is 0. The third kappa shape index (κ3) is 2.57. The molecule has 2 amide bonds. The summed E-state index contributed by atoms with van der Waals surface area (Å²) in [5, 5.41) is 11.6. The van der Waals surface area contributed by atoms with E-state index in [1.165, 1.54) is 11.8 Å². The Morgan fingerprint density at radius 2 is 2.05 bits per heavy atom. The van der Waals surface area contributed by atoms with Crippen molar-refractivity contribution in [1.29, 1.82) is 0 Å². The van der Waals surface area contributed by atoms with Gasteiger partial charge in [-0.3, -0.25) is 14.5 Å². The molecule has 100 valence electrons. The van der Waals surface area contributed by atoms with E-state index in [4.69, 9.17) is 0 Å². The molecule has 0 aliphatic carbocycles. The van der Waals surface area contributed by atoms with Crippen LogP contribution in [0.2, 0.25) is 0 Å². The van der Waals surface area contributed by atoms with Crippen molar-refractivity contribution in [3.05, 3.63) is 29.8 Å². The molecular formula is C13H14N2O4. The number of carbonyl (C=O) groups is 3. The van der Waals surface area contributed by atoms with Crippen LogP contribution in [0.3, 0.4) is 0 Å². The van der Waals surface area contributed by atoms with Gasteiger partial charge in [0.25, 0.3) is 0 Å². The zero-order valence-electron chi connectivity index (χ0n) is 10.4. The topological polar surface area (TPSA) is 86.7 Å². The molecule has 0 aromatic heterocycles. The summed E-state index contributed by atoms with van der Waals surface area (Å²) in [5.74, 6) is -1.80. The molecule has 1 aromatic carbocycles. The van der Waals surface area contributed by atoms with Crippen molar-refractivity contribution in [1.82, 2.24) is 5.32 Å². The van der Waals surface area contributed by atoms with Crippen molar-refractivity contribution < 1.29 is 19.5 Å². The predicted octanol–water partition coefficient (Wildman–Crippen LogP) is 0.165. The van der Waals surface area contributed by atoms with Gasteiger partial charge in [-0.25, -0.2) is 4.79 Å². The van der Waals surface area contributed by atoms with Crippen LogP contribution in [0.5, 0.6) is 0 Å². The Labute approximate surface area is 110 Å². The maximum absolute atomic E-state index is 12.1. The van der Waals surface area contributed by atoms with Crippen LogP contribution in [-0.4, -0.2) is 35.5 Å². The Morgan fingerprint density at radius 3 is 2.68 bits per heavy atom. The number of benzene rings is 1. The first-order chi connectivity index (χ1) is 9.00. The number of fused-ring (bicyclic) bond motifs is 1. The zero-order valence-corrected chi connectivity index (χ0v) is 10.4. The summed E-state index contributed by atoms with van der Waals surface area (Å²) < 4.78 is 0. The fourth-order valence-corrected chi connectivity index (χ4v) is 2.18. The molecule has 0 bridgehead atoms. The molecule has 1 aliphatic heterocycles. The molecule has 0 radical (unpaired) electrons. The quantitative estimate of drug-likeness (QED) is 0.812. The van der Waals surface area contributed by atoms with Crippen LogP contribution in [0.4, 0.5) is 5.69 Å². The average Bonchev–Trinajstić information content (AvgIpc) is 2.75. The zero-order chi connectivity index (χ0) is 14.0. The number of nitrogens with zero attached hydrogens (tertiary/aromatic N) is 1. The number of aliphatic carboxylic acids is 1. The molecule has 1 aliphatic rings. The van der Waals surface area contributed by atoms with Gasteiger partial charge in [-0.05, 0) is 11.6 Å². The summed E-state index contributed by atoms with van der Waals surface area (Å²) in [6.45, 7) is 1.10. The maximum Gasteiger partial charge on any atom is 0.327 e. The van der Waals surface area contributed by atoms with E-state index >= 15 is 0 Å². The summed E-state index contributed by atoms with van der Waals surface area (Å²) in [6, 6.07) is 6.17. The van der Waals surface area contributed by atoms with Crippen molar-refractivity contribution in [2.45, 2.75) is 19.4 Å². The first kappa shape index (κ1) is 13.1. The van der Waals surface area contributed by atoms with Crippen LogP contribution in [0.1, 0.15) is 12.5 Å². The summed E-state index contributed by atoms with van der Waals surface area (Å²) in [5.41, 5.74) is 1.43. The first-order valence-corrected chi connectivity index (χ1v) is 5.88. The lowest BCUT2D eigenvalue weighted by Gasteiger charge is -2.22. The minimum Gasteiger partial charge on any atom is -0.480 e. The maximum atomic E-state index is 12.1. The molecule has 1 aromatic rings. The third-order valence-corrected chi connectivity index (χ3v) is 3.02. The predicted molar refractivity (Wildman–Crippen MR) is 67.7 cm³/mol. The van der Waals surface area contributed by atoms with Gasteiger partial charge in [0, 0.05) is 19.0 Å². The smallest absolute Gasteiger partial charge is 0.327 e. The van der Waals surface area contributed by atoms with Crippen molar-refractivity contribution in [3.63, 3.8) is 0 Å². The van der Waals surface area contributed by atoms with Gasteiger partial charge in [0.2, 0.25) is 11.8 Å². The molecule has 19 heavy (non-hydrogen) atoms. The van der Waals surface area contributed by atoms with Crippen LogP contribution in [0.15, 0.2) is 24.3 Å². The highest BCUT2D eigenvalue weighted by Gasteiger charge is 2.37. The molecule has 1 atom stereocenters. The Bertz CT molecular complexity index is 541. The molecular weight excluding hydrogens is 248 g/mol. The molecule has 0 saturated carbocycles. The average molecular weight is 262 g/mol. The van der Waals surface area contributed by atoms with E-state index < -0.39 is 17.9 Å². The van der Waals surface area contributed by atoms with Crippen molar-refractivity contribution in [3.8, 4) is 0 Å². The van der Waals surface area contributed by atoms with E-state index in [0.29, 0.717) is 5.69 Å². The third-order valence-electron chi connectivity index (χ3n) is 3.02. The molecule has 0 spiro atoms. The van der Waals surface area contributed by atoms with E-state index in [1.807, 2.05) is 0 Å². The van der Waals surface area contributed by atoms with Gasteiger partial charge in [0.05, 0.1) is 6.54 Å². The molecule has 6 heteroatoms. The second-order valence-electron chi connectivity index (χ2n) is 4.36. The molecule has 0 fully saturated rings. The van der Waals surface area contributed by atoms with E-state index in [0.717, 1.165) is 5.56 Å². The van der Waals surface area contributed by atoms with E-state index in [1.54, 1.807) is 24.3 Å². The summed E-state index contributed by atoms with van der Waals surface area (Å²) in [6.07, 6.45) is 0.289. The van der Waals surface area contributed by atoms with Gasteiger partial charge in [0.1, 0.15) is 6.04 Å². The van der Waals surface area contributed by atoms with Gasteiger partial charge in [-0.2, -0.15) is 0 Å². The standard InChI is InChI=1S/C13H14N2O4/c1-8(16)14-7-12(17)15-10-5-3-2-4-9(10)6-11(15)13(18)19/h2-5,11H,6-7H2,1H3,(H,14,16)(H,18,19)/t11-/m0/s1. The van der Waals surface area contributed by atoms with Crippen LogP contribution in [0, 0.1) is 0 Å². The number of amides is 2. The lowest BCUT2D eigenvalue weighted by molar-refractivity contribution is -0.139. The van der Waals surface area contributed by atoms with Crippen LogP contribution in [0.25, 0.3) is 0 Å². The number of hydrogen-bond donors (Lipinski definition) is 2. The highest BCUT2D eigenvalue weighted by atomic mass is 16.4. The second kappa shape index (κ2) is 5.09. The van der Waals surface area contributed by atoms with Gasteiger partial charge in [-0.15, -0.1) is 0 Å². The lowest BCUT2D eigenvalue weighted by atomic mass is 10.1. The molecule has 0 unspecified atom stereocenters. The molecule has 6 nitrogen and oxygen atoms in total. The summed E-state index contributed by atoms with van der Waals surface area (Å²) in [7, 11) is 0.